The lowest BCUT2D eigenvalue weighted by Crippen LogP contribution is -2.52. The predicted octanol–water partition coefficient (Wildman–Crippen LogP) is 2.09. The molecule has 3 aromatic rings. The molecule has 0 saturated carbocycles. The number of fused-ring (bicyclic) bond motifs is 1. The number of aryl methyl sites for hydroxylation is 1. The molecule has 0 bridgehead atoms. The second-order valence-corrected chi connectivity index (χ2v) is 10.2. The Labute approximate surface area is 214 Å². The lowest BCUT2D eigenvalue weighted by molar-refractivity contribution is -0.136. The van der Waals surface area contributed by atoms with Gasteiger partial charge < -0.3 is 19.9 Å². The predicted molar refractivity (Wildman–Crippen MR) is 136 cm³/mol. The van der Waals surface area contributed by atoms with Gasteiger partial charge in [-0.2, -0.15) is 0 Å². The number of amides is 3. The molecule has 2 aromatic carbocycles. The van der Waals surface area contributed by atoms with Gasteiger partial charge in [0.1, 0.15) is 11.9 Å². The minimum absolute atomic E-state index is 0.187. The van der Waals surface area contributed by atoms with E-state index in [9.17, 15) is 19.5 Å². The van der Waals surface area contributed by atoms with Crippen molar-refractivity contribution in [2.75, 3.05) is 13.1 Å². The second-order valence-electron chi connectivity index (χ2n) is 10.2. The van der Waals surface area contributed by atoms with Crippen molar-refractivity contribution in [3.8, 4) is 22.6 Å². The number of hydrogen-bond donors (Lipinski definition) is 3. The van der Waals surface area contributed by atoms with Gasteiger partial charge in [0.05, 0.1) is 11.3 Å². The largest absolute Gasteiger partial charge is 0.385 e. The first-order chi connectivity index (χ1) is 17.8. The van der Waals surface area contributed by atoms with Gasteiger partial charge in [0.25, 0.3) is 5.91 Å². The van der Waals surface area contributed by atoms with Gasteiger partial charge >= 0.3 is 0 Å². The Kier molecular flexibility index (Phi) is 5.69. The minimum Gasteiger partial charge on any atom is -0.385 e. The van der Waals surface area contributed by atoms with Crippen molar-refractivity contribution in [1.82, 2.24) is 25.1 Å². The maximum Gasteiger partial charge on any atom is 0.255 e. The second kappa shape index (κ2) is 8.93. The third-order valence-electron chi connectivity index (χ3n) is 7.81. The van der Waals surface area contributed by atoms with Crippen LogP contribution in [-0.2, 0) is 28.8 Å². The molecular weight excluding hydrogens is 470 g/mol. The molecule has 2 saturated heterocycles. The molecule has 1 atom stereocenters. The molecule has 0 spiro atoms. The molecular formula is C28H29N5O4. The molecule has 1 unspecified atom stereocenters. The molecule has 9 nitrogen and oxygen atoms in total. The quantitative estimate of drug-likeness (QED) is 0.474. The van der Waals surface area contributed by atoms with Gasteiger partial charge in [0.2, 0.25) is 11.8 Å². The van der Waals surface area contributed by atoms with E-state index < -0.39 is 17.6 Å². The average Bonchev–Trinajstić information content (AvgIpc) is 3.44. The zero-order valence-electron chi connectivity index (χ0n) is 20.7. The molecule has 190 valence electrons. The number of carbonyl (C=O) groups excluding carboxylic acids is 3. The monoisotopic (exact) mass is 499 g/mol. The molecule has 6 rings (SSSR count). The van der Waals surface area contributed by atoms with Crippen LogP contribution in [0.4, 0.5) is 0 Å². The van der Waals surface area contributed by atoms with Gasteiger partial charge in [-0.05, 0) is 55.6 Å². The van der Waals surface area contributed by atoms with Crippen molar-refractivity contribution in [1.29, 1.82) is 0 Å². The van der Waals surface area contributed by atoms with Crippen molar-refractivity contribution < 1.29 is 19.5 Å². The number of aromatic nitrogens is 2. The number of rotatable bonds is 4. The number of piperidine rings is 2. The fraction of sp³-hybridized carbons (Fsp3) is 0.357. The van der Waals surface area contributed by atoms with E-state index in [1.807, 2.05) is 54.2 Å². The van der Waals surface area contributed by atoms with Crippen molar-refractivity contribution in [2.24, 2.45) is 7.05 Å². The van der Waals surface area contributed by atoms with Crippen molar-refractivity contribution in [3.63, 3.8) is 0 Å². The van der Waals surface area contributed by atoms with Crippen molar-refractivity contribution in [3.05, 3.63) is 65.4 Å². The number of benzene rings is 2. The fourth-order valence-electron chi connectivity index (χ4n) is 5.67. The molecule has 1 aromatic heterocycles. The van der Waals surface area contributed by atoms with Crippen LogP contribution in [0.15, 0.2) is 48.7 Å². The zero-order valence-corrected chi connectivity index (χ0v) is 20.7. The number of nitrogens with one attached hydrogen (secondary N) is 2. The van der Waals surface area contributed by atoms with Crippen molar-refractivity contribution in [2.45, 2.75) is 43.9 Å². The molecule has 0 aliphatic carbocycles. The Hall–Kier alpha value is -3.82. The molecule has 37 heavy (non-hydrogen) atoms. The molecule has 9 heteroatoms. The molecule has 3 amide bonds. The summed E-state index contributed by atoms with van der Waals surface area (Å²) in [5, 5.41) is 16.6. The van der Waals surface area contributed by atoms with E-state index in [0.29, 0.717) is 31.4 Å². The van der Waals surface area contributed by atoms with E-state index in [-0.39, 0.29) is 18.2 Å². The molecule has 3 aliphatic heterocycles. The van der Waals surface area contributed by atoms with Crippen LogP contribution >= 0.6 is 0 Å². The van der Waals surface area contributed by atoms with E-state index in [4.69, 9.17) is 4.98 Å². The highest BCUT2D eigenvalue weighted by atomic mass is 16.3. The zero-order chi connectivity index (χ0) is 25.7. The Morgan fingerprint density at radius 3 is 2.49 bits per heavy atom. The number of imidazole rings is 1. The van der Waals surface area contributed by atoms with Crippen LogP contribution < -0.4 is 10.6 Å². The summed E-state index contributed by atoms with van der Waals surface area (Å²) >= 11 is 0. The Bertz CT molecular complexity index is 1400. The van der Waals surface area contributed by atoms with Gasteiger partial charge in [0, 0.05) is 42.9 Å². The average molecular weight is 500 g/mol. The van der Waals surface area contributed by atoms with Crippen LogP contribution in [0.25, 0.3) is 22.6 Å². The van der Waals surface area contributed by atoms with E-state index in [2.05, 4.69) is 10.6 Å². The minimum atomic E-state index is -0.792. The van der Waals surface area contributed by atoms with Gasteiger partial charge in [-0.25, -0.2) is 4.98 Å². The summed E-state index contributed by atoms with van der Waals surface area (Å²) in [6, 6.07) is 13.0. The first kappa shape index (κ1) is 23.6. The molecule has 4 heterocycles. The van der Waals surface area contributed by atoms with Crippen molar-refractivity contribution >= 4 is 17.7 Å². The number of imide groups is 1. The maximum absolute atomic E-state index is 13.0. The summed E-state index contributed by atoms with van der Waals surface area (Å²) in [6.07, 6.45) is 3.92. The Morgan fingerprint density at radius 1 is 1.03 bits per heavy atom. The standard InChI is InChI=1S/C28H29N5O4/c1-32-16-22(30-25(32)17-2-5-20(6-3-17)28(37)10-12-29-13-11-28)18-4-7-21-19(14-18)15-33(27(21)36)23-8-9-24(34)31-26(23)35/h2-7,14,16,23,29,37H,8-13,15H2,1H3,(H,31,34,35). The SMILES string of the molecule is Cn1cc(-c2ccc3c(c2)CN(C2CCC(=O)NC2=O)C3=O)nc1-c1ccc(C2(O)CCNCC2)cc1. The smallest absolute Gasteiger partial charge is 0.255 e. The van der Waals surface area contributed by atoms with E-state index in [0.717, 1.165) is 46.9 Å². The van der Waals surface area contributed by atoms with Crippen LogP contribution in [0.3, 0.4) is 0 Å². The number of hydrogen-bond acceptors (Lipinski definition) is 6. The summed E-state index contributed by atoms with van der Waals surface area (Å²) < 4.78 is 1.97. The normalized spacial score (nSPS) is 21.2. The fourth-order valence-corrected chi connectivity index (χ4v) is 5.67. The summed E-state index contributed by atoms with van der Waals surface area (Å²) in [5.41, 5.74) is 4.19. The first-order valence-corrected chi connectivity index (χ1v) is 12.7. The number of carbonyl (C=O) groups is 3. The van der Waals surface area contributed by atoms with E-state index in [1.165, 1.54) is 0 Å². The van der Waals surface area contributed by atoms with Gasteiger partial charge in [-0.3, -0.25) is 19.7 Å². The van der Waals surface area contributed by atoms with Gasteiger partial charge in [-0.15, -0.1) is 0 Å². The Morgan fingerprint density at radius 2 is 1.76 bits per heavy atom. The Balaban J connectivity index is 1.24. The summed E-state index contributed by atoms with van der Waals surface area (Å²) in [4.78, 5) is 43.3. The molecule has 3 N–H and O–H groups in total. The van der Waals surface area contributed by atoms with E-state index in [1.54, 1.807) is 11.0 Å². The van der Waals surface area contributed by atoms with Crippen LogP contribution in [0, 0.1) is 0 Å². The van der Waals surface area contributed by atoms with Crippen LogP contribution in [0.5, 0.6) is 0 Å². The third-order valence-corrected chi connectivity index (χ3v) is 7.81. The highest BCUT2D eigenvalue weighted by Gasteiger charge is 2.39. The topological polar surface area (TPSA) is 117 Å². The highest BCUT2D eigenvalue weighted by Crippen LogP contribution is 2.34. The third kappa shape index (κ3) is 4.14. The molecule has 3 aliphatic rings. The number of nitrogens with zero attached hydrogens (tertiary/aromatic N) is 3. The molecule has 0 radical (unpaired) electrons. The van der Waals surface area contributed by atoms with Crippen LogP contribution in [-0.4, -0.2) is 56.4 Å². The summed E-state index contributed by atoms with van der Waals surface area (Å²) in [7, 11) is 1.95. The summed E-state index contributed by atoms with van der Waals surface area (Å²) in [5.74, 6) is -0.0884. The maximum atomic E-state index is 13.0. The first-order valence-electron chi connectivity index (χ1n) is 12.7. The van der Waals surface area contributed by atoms with Crippen LogP contribution in [0.2, 0.25) is 0 Å². The highest BCUT2D eigenvalue weighted by molar-refractivity contribution is 6.05. The lowest BCUT2D eigenvalue weighted by Gasteiger charge is -2.33. The molecule has 2 fully saturated rings. The lowest BCUT2D eigenvalue weighted by atomic mass is 9.85. The van der Waals surface area contributed by atoms with Gasteiger partial charge in [0.15, 0.2) is 0 Å². The summed E-state index contributed by atoms with van der Waals surface area (Å²) in [6.45, 7) is 1.94. The van der Waals surface area contributed by atoms with E-state index >= 15 is 0 Å². The van der Waals surface area contributed by atoms with Gasteiger partial charge in [-0.1, -0.05) is 30.3 Å². The number of aliphatic hydroxyl groups is 1. The van der Waals surface area contributed by atoms with Crippen LogP contribution in [0.1, 0.15) is 47.2 Å².